The van der Waals surface area contributed by atoms with Gasteiger partial charge in [-0.25, -0.2) is 4.98 Å². The molecular weight excluding hydrogens is 481 g/mol. The van der Waals surface area contributed by atoms with Crippen molar-refractivity contribution in [3.8, 4) is 0 Å². The summed E-state index contributed by atoms with van der Waals surface area (Å²) in [6.07, 6.45) is 6.18. The molecule has 0 fully saturated rings. The molecule has 0 spiro atoms. The molecule has 32 heavy (non-hydrogen) atoms. The second-order valence-corrected chi connectivity index (χ2v) is 6.11. The van der Waals surface area contributed by atoms with E-state index >= 15 is 0 Å². The van der Waals surface area contributed by atoms with Gasteiger partial charge in [0, 0.05) is 36.2 Å². The number of aromatic nitrogens is 3. The van der Waals surface area contributed by atoms with Crippen LogP contribution in [-0.4, -0.2) is 47.8 Å². The molecule has 0 saturated heterocycles. The molecule has 0 atom stereocenters. The van der Waals surface area contributed by atoms with Crippen LogP contribution in [0.1, 0.15) is 36.4 Å². The topological polar surface area (TPSA) is 134 Å². The Balaban J connectivity index is 0.00000176. The standard InChI is InChI=1S/C21H19N7O2.ClH.Cu/c1-14(25-27-20(29)16-6-4-10-22-12-16)18-8-3-9-19(24-18)15(2)26-28-21(30)17-7-5-11-23-13-17;;/h3-13H,1-2H3,(H2,24,27,28,29,30);1H;/q;;+2/p-1. The van der Waals surface area contributed by atoms with Gasteiger partial charge in [0.15, 0.2) is 0 Å². The van der Waals surface area contributed by atoms with Crippen LogP contribution in [0.5, 0.6) is 0 Å². The number of rotatable bonds is 6. The Bertz CT molecular complexity index is 1020. The Morgan fingerprint density at radius 2 is 1.22 bits per heavy atom. The molecule has 2 amide bonds. The van der Waals surface area contributed by atoms with Crippen molar-refractivity contribution in [3.05, 3.63) is 101 Å². The number of hydrogen-bond donors (Lipinski definition) is 0. The molecular formula is C21H19ClCuN7O2+. The van der Waals surface area contributed by atoms with Gasteiger partial charge in [0.25, 0.3) is 11.8 Å². The number of amides is 2. The van der Waals surface area contributed by atoms with Crippen molar-refractivity contribution in [1.29, 1.82) is 0 Å². The van der Waals surface area contributed by atoms with Crippen LogP contribution in [-0.2, 0) is 15.1 Å². The molecule has 3 rings (SSSR count). The maximum absolute atomic E-state index is 10.00. The summed E-state index contributed by atoms with van der Waals surface area (Å²) in [5.41, 5.74) is 10.7. The van der Waals surface area contributed by atoms with Gasteiger partial charge in [0.1, 0.15) is 0 Å². The van der Waals surface area contributed by atoms with Crippen LogP contribution in [0.4, 0.5) is 0 Å². The first-order valence-corrected chi connectivity index (χ1v) is 10.4. The summed E-state index contributed by atoms with van der Waals surface area (Å²) in [7, 11) is 4.20. The van der Waals surface area contributed by atoms with E-state index in [4.69, 9.17) is 0 Å². The Morgan fingerprint density at radius 1 is 0.781 bits per heavy atom. The number of nitrogens with zero attached hydrogens (tertiary/aromatic N) is 7. The Labute approximate surface area is 197 Å². The number of halogens is 1. The summed E-state index contributed by atoms with van der Waals surface area (Å²) in [5, 5.41) is 8.07. The second-order valence-electron chi connectivity index (χ2n) is 6.11. The van der Waals surface area contributed by atoms with E-state index in [-0.39, 0.29) is 11.8 Å². The van der Waals surface area contributed by atoms with Crippen LogP contribution < -0.4 is 0 Å². The molecule has 3 aromatic heterocycles. The summed E-state index contributed by atoms with van der Waals surface area (Å²) in [6, 6.07) is 12.1. The van der Waals surface area contributed by atoms with Gasteiger partial charge in [0.2, 0.25) is 0 Å². The molecule has 0 unspecified atom stereocenters. The van der Waals surface area contributed by atoms with Crippen molar-refractivity contribution in [2.45, 2.75) is 13.8 Å². The number of pyridine rings is 3. The number of hydrogen-bond acceptors (Lipinski definition) is 5. The Hall–Kier alpha value is -3.46. The Kier molecular flexibility index (Phi) is 10.1. The Morgan fingerprint density at radius 3 is 1.59 bits per heavy atom. The first-order valence-electron chi connectivity index (χ1n) is 9.07. The summed E-state index contributed by atoms with van der Waals surface area (Å²) < 4.78 is 0. The van der Waals surface area contributed by atoms with Gasteiger partial charge in [0.05, 0.1) is 22.5 Å². The number of carbonyl (C=O) groups excluding carboxylic acids is 2. The van der Waals surface area contributed by atoms with Crippen molar-refractivity contribution in [2.75, 3.05) is 0 Å². The first-order chi connectivity index (χ1) is 15.5. The average Bonchev–Trinajstić information content (AvgIpc) is 2.87. The zero-order chi connectivity index (χ0) is 23.3. The minimum absolute atomic E-state index is 0.239. The van der Waals surface area contributed by atoms with Crippen LogP contribution in [0, 0.1) is 0 Å². The van der Waals surface area contributed by atoms with E-state index in [1.165, 1.54) is 12.4 Å². The molecule has 11 heteroatoms. The zero-order valence-electron chi connectivity index (χ0n) is 17.1. The third kappa shape index (κ3) is 7.35. The molecule has 0 bridgehead atoms. The molecule has 0 aliphatic carbocycles. The molecule has 3 heterocycles. The van der Waals surface area contributed by atoms with Crippen molar-refractivity contribution in [1.82, 2.24) is 15.0 Å². The van der Waals surface area contributed by atoms with E-state index in [0.29, 0.717) is 33.9 Å². The normalized spacial score (nSPS) is 11.2. The fourth-order valence-electron chi connectivity index (χ4n) is 2.29. The van der Waals surface area contributed by atoms with Gasteiger partial charge in [-0.15, -0.1) is 0 Å². The SMILES string of the molecule is CC(=N[N-]C(=[OH+])c1cccnc1)c1cccc(C(C)=N[N-]C(=[OH+])c2cccnc2)n1.[Cl][Cu+]. The summed E-state index contributed by atoms with van der Waals surface area (Å²) in [4.78, 5) is 32.3. The molecule has 0 aliphatic heterocycles. The molecule has 2 N–H and O–H groups in total. The molecule has 0 saturated carbocycles. The summed E-state index contributed by atoms with van der Waals surface area (Å²) in [5.74, 6) is -0.479. The van der Waals surface area contributed by atoms with Crippen LogP contribution in [0.2, 0.25) is 0 Å². The van der Waals surface area contributed by atoms with Crippen LogP contribution >= 0.6 is 10.1 Å². The van der Waals surface area contributed by atoms with Crippen molar-refractivity contribution in [3.63, 3.8) is 0 Å². The molecule has 3 aromatic rings. The van der Waals surface area contributed by atoms with E-state index < -0.39 is 0 Å². The first kappa shape index (κ1) is 24.8. The second kappa shape index (κ2) is 13.1. The van der Waals surface area contributed by atoms with E-state index in [2.05, 4.69) is 61.2 Å². The van der Waals surface area contributed by atoms with Crippen LogP contribution in [0.15, 0.2) is 77.5 Å². The fraction of sp³-hybridized carbons (Fsp3) is 0.0952. The molecule has 0 aliphatic rings. The quantitative estimate of drug-likeness (QED) is 0.220. The van der Waals surface area contributed by atoms with Gasteiger partial charge >= 0.3 is 25.2 Å². The van der Waals surface area contributed by atoms with Gasteiger partial charge in [-0.05, 0) is 50.2 Å². The van der Waals surface area contributed by atoms with E-state index in [1.807, 2.05) is 0 Å². The average molecular weight is 500 g/mol. The fourth-order valence-corrected chi connectivity index (χ4v) is 2.29. The van der Waals surface area contributed by atoms with Gasteiger partial charge in [-0.3, -0.25) is 19.6 Å². The third-order valence-electron chi connectivity index (χ3n) is 3.92. The maximum atomic E-state index is 10.00. The molecule has 167 valence electrons. The zero-order valence-corrected chi connectivity index (χ0v) is 18.8. The predicted octanol–water partition coefficient (Wildman–Crippen LogP) is 3.86. The molecule has 0 radical (unpaired) electrons. The minimum atomic E-state index is -0.239. The van der Waals surface area contributed by atoms with Crippen LogP contribution in [0.25, 0.3) is 10.9 Å². The van der Waals surface area contributed by atoms with Crippen molar-refractivity contribution in [2.24, 2.45) is 10.2 Å². The summed E-state index contributed by atoms with van der Waals surface area (Å²) >= 11 is 3.66. The van der Waals surface area contributed by atoms with E-state index in [1.54, 1.807) is 68.7 Å². The van der Waals surface area contributed by atoms with Gasteiger partial charge < -0.3 is 21.1 Å². The van der Waals surface area contributed by atoms with Crippen molar-refractivity contribution < 1.29 is 24.7 Å². The van der Waals surface area contributed by atoms with Gasteiger partial charge in [-0.2, -0.15) is 0 Å². The van der Waals surface area contributed by atoms with Gasteiger partial charge in [-0.1, -0.05) is 6.07 Å². The predicted molar refractivity (Wildman–Crippen MR) is 122 cm³/mol. The molecule has 9 nitrogen and oxygen atoms in total. The third-order valence-corrected chi connectivity index (χ3v) is 3.92. The summed E-state index contributed by atoms with van der Waals surface area (Å²) in [6.45, 7) is 3.45. The van der Waals surface area contributed by atoms with E-state index in [0.717, 1.165) is 0 Å². The van der Waals surface area contributed by atoms with Crippen LogP contribution in [0.3, 0.4) is 0 Å². The van der Waals surface area contributed by atoms with E-state index in [9.17, 15) is 9.59 Å². The molecule has 0 aromatic carbocycles. The monoisotopic (exact) mass is 499 g/mol. The van der Waals surface area contributed by atoms with Crippen molar-refractivity contribution >= 4 is 33.3 Å².